The molecule has 0 saturated heterocycles. The lowest BCUT2D eigenvalue weighted by Crippen LogP contribution is -2.38. The van der Waals surface area contributed by atoms with Crippen LogP contribution in [-0.4, -0.2) is 46.2 Å². The van der Waals surface area contributed by atoms with Gasteiger partial charge < -0.3 is 10.1 Å². The molecule has 2 aromatic rings. The molecule has 1 atom stereocenters. The number of fused-ring (bicyclic) bond motifs is 1. The molecular formula is C18H14ClN3O5. The standard InChI is InChI=1S/C18H14ClN3O5/c1-10(16(24)21-14-7-6-11(19)8-20-14)27-15(23)9-22-17(25)12-4-2-3-5-13(12)18(22)26/h2-8,10H,9H2,1H3,(H,20,21,24)/t10-/m1/s1. The van der Waals surface area contributed by atoms with Gasteiger partial charge >= 0.3 is 5.97 Å². The maximum absolute atomic E-state index is 12.2. The van der Waals surface area contributed by atoms with Gasteiger partial charge in [-0.15, -0.1) is 0 Å². The average molecular weight is 388 g/mol. The number of amides is 3. The topological polar surface area (TPSA) is 106 Å². The fourth-order valence-electron chi connectivity index (χ4n) is 2.48. The summed E-state index contributed by atoms with van der Waals surface area (Å²) in [6, 6.07) is 9.31. The summed E-state index contributed by atoms with van der Waals surface area (Å²) in [6.07, 6.45) is 0.209. The quantitative estimate of drug-likeness (QED) is 0.620. The number of aromatic nitrogens is 1. The van der Waals surface area contributed by atoms with Crippen LogP contribution in [0.1, 0.15) is 27.6 Å². The lowest BCUT2D eigenvalue weighted by Gasteiger charge is -2.16. The zero-order chi connectivity index (χ0) is 19.6. The number of ether oxygens (including phenoxy) is 1. The molecule has 0 bridgehead atoms. The molecule has 0 aliphatic carbocycles. The number of halogens is 1. The van der Waals surface area contributed by atoms with E-state index in [1.54, 1.807) is 18.2 Å². The Hall–Kier alpha value is -3.26. The number of nitrogens with one attached hydrogen (secondary N) is 1. The molecule has 1 aromatic carbocycles. The molecule has 3 amide bonds. The number of carbonyl (C=O) groups excluding carboxylic acids is 4. The van der Waals surface area contributed by atoms with Crippen molar-refractivity contribution < 1.29 is 23.9 Å². The lowest BCUT2D eigenvalue weighted by molar-refractivity contribution is -0.153. The molecule has 0 saturated carbocycles. The summed E-state index contributed by atoms with van der Waals surface area (Å²) in [5.74, 6) is -2.39. The van der Waals surface area contributed by atoms with Crippen LogP contribution in [0.15, 0.2) is 42.6 Å². The molecule has 0 fully saturated rings. The summed E-state index contributed by atoms with van der Waals surface area (Å²) >= 11 is 5.71. The van der Waals surface area contributed by atoms with Gasteiger partial charge in [-0.25, -0.2) is 4.98 Å². The molecule has 1 aliphatic rings. The second kappa shape index (κ2) is 7.55. The van der Waals surface area contributed by atoms with E-state index in [2.05, 4.69) is 10.3 Å². The normalized spacial score (nSPS) is 13.9. The van der Waals surface area contributed by atoms with E-state index in [4.69, 9.17) is 16.3 Å². The van der Waals surface area contributed by atoms with E-state index in [1.165, 1.54) is 31.3 Å². The number of hydrogen-bond acceptors (Lipinski definition) is 6. The summed E-state index contributed by atoms with van der Waals surface area (Å²) in [6.45, 7) is 0.786. The highest BCUT2D eigenvalue weighted by atomic mass is 35.5. The molecule has 3 rings (SSSR count). The zero-order valence-corrected chi connectivity index (χ0v) is 14.9. The van der Waals surface area contributed by atoms with E-state index >= 15 is 0 Å². The van der Waals surface area contributed by atoms with E-state index in [9.17, 15) is 19.2 Å². The first kappa shape index (κ1) is 18.5. The fraction of sp³-hybridized carbons (Fsp3) is 0.167. The van der Waals surface area contributed by atoms with Crippen molar-refractivity contribution in [1.29, 1.82) is 0 Å². The van der Waals surface area contributed by atoms with Crippen LogP contribution in [-0.2, 0) is 14.3 Å². The maximum atomic E-state index is 12.2. The van der Waals surface area contributed by atoms with Crippen molar-refractivity contribution in [3.05, 3.63) is 58.7 Å². The van der Waals surface area contributed by atoms with Crippen LogP contribution in [0.25, 0.3) is 0 Å². The minimum Gasteiger partial charge on any atom is -0.451 e. The molecule has 9 heteroatoms. The van der Waals surface area contributed by atoms with Gasteiger partial charge in [-0.05, 0) is 31.2 Å². The number of anilines is 1. The van der Waals surface area contributed by atoms with Crippen molar-refractivity contribution in [2.45, 2.75) is 13.0 Å². The van der Waals surface area contributed by atoms with Crippen LogP contribution in [0, 0.1) is 0 Å². The summed E-state index contributed by atoms with van der Waals surface area (Å²) in [7, 11) is 0. The van der Waals surface area contributed by atoms with Gasteiger partial charge in [0.1, 0.15) is 12.4 Å². The predicted octanol–water partition coefficient (Wildman–Crippen LogP) is 1.90. The first-order valence-corrected chi connectivity index (χ1v) is 8.31. The first-order chi connectivity index (χ1) is 12.9. The molecule has 0 unspecified atom stereocenters. The largest absolute Gasteiger partial charge is 0.451 e. The monoisotopic (exact) mass is 387 g/mol. The van der Waals surface area contributed by atoms with Crippen LogP contribution in [0.3, 0.4) is 0 Å². The van der Waals surface area contributed by atoms with Crippen molar-refractivity contribution in [3.63, 3.8) is 0 Å². The molecule has 27 heavy (non-hydrogen) atoms. The van der Waals surface area contributed by atoms with Gasteiger partial charge in [0.05, 0.1) is 16.1 Å². The van der Waals surface area contributed by atoms with Crippen molar-refractivity contribution in [3.8, 4) is 0 Å². The third-order valence-electron chi connectivity index (χ3n) is 3.82. The second-order valence-electron chi connectivity index (χ2n) is 5.73. The average Bonchev–Trinajstić information content (AvgIpc) is 2.89. The SMILES string of the molecule is C[C@@H](OC(=O)CN1C(=O)c2ccccc2C1=O)C(=O)Nc1ccc(Cl)cn1. The van der Waals surface area contributed by atoms with Gasteiger partial charge in [0.25, 0.3) is 17.7 Å². The Labute approximate surface area is 159 Å². The van der Waals surface area contributed by atoms with Crippen molar-refractivity contribution >= 4 is 41.1 Å². The van der Waals surface area contributed by atoms with Crippen LogP contribution >= 0.6 is 11.6 Å². The van der Waals surface area contributed by atoms with Gasteiger partial charge in [-0.2, -0.15) is 0 Å². The number of imide groups is 1. The second-order valence-corrected chi connectivity index (χ2v) is 6.16. The Morgan fingerprint density at radius 1 is 1.15 bits per heavy atom. The van der Waals surface area contributed by atoms with E-state index in [0.29, 0.717) is 5.02 Å². The molecule has 1 N–H and O–H groups in total. The van der Waals surface area contributed by atoms with Crippen LogP contribution in [0.4, 0.5) is 5.82 Å². The summed E-state index contributed by atoms with van der Waals surface area (Å²) in [5, 5.41) is 2.88. The third kappa shape index (κ3) is 3.95. The minimum absolute atomic E-state index is 0.231. The summed E-state index contributed by atoms with van der Waals surface area (Å²) in [4.78, 5) is 53.3. The molecule has 2 heterocycles. The Kier molecular flexibility index (Phi) is 5.18. The highest BCUT2D eigenvalue weighted by Gasteiger charge is 2.37. The predicted molar refractivity (Wildman–Crippen MR) is 95.2 cm³/mol. The van der Waals surface area contributed by atoms with E-state index < -0.39 is 36.3 Å². The Morgan fingerprint density at radius 3 is 2.33 bits per heavy atom. The zero-order valence-electron chi connectivity index (χ0n) is 14.1. The van der Waals surface area contributed by atoms with Crippen molar-refractivity contribution in [1.82, 2.24) is 9.88 Å². The lowest BCUT2D eigenvalue weighted by atomic mass is 10.1. The number of rotatable bonds is 5. The highest BCUT2D eigenvalue weighted by molar-refractivity contribution is 6.30. The summed E-state index contributed by atoms with van der Waals surface area (Å²) < 4.78 is 5.01. The van der Waals surface area contributed by atoms with Crippen molar-refractivity contribution in [2.24, 2.45) is 0 Å². The van der Waals surface area contributed by atoms with Gasteiger partial charge in [-0.3, -0.25) is 24.1 Å². The molecule has 0 spiro atoms. The van der Waals surface area contributed by atoms with Gasteiger partial charge in [0.15, 0.2) is 6.10 Å². The van der Waals surface area contributed by atoms with Gasteiger partial charge in [0, 0.05) is 6.20 Å². The Balaban J connectivity index is 1.57. The highest BCUT2D eigenvalue weighted by Crippen LogP contribution is 2.22. The number of hydrogen-bond donors (Lipinski definition) is 1. The molecule has 1 aromatic heterocycles. The molecule has 8 nitrogen and oxygen atoms in total. The minimum atomic E-state index is -1.15. The Morgan fingerprint density at radius 2 is 1.78 bits per heavy atom. The number of esters is 1. The fourth-order valence-corrected chi connectivity index (χ4v) is 2.59. The first-order valence-electron chi connectivity index (χ1n) is 7.94. The smallest absolute Gasteiger partial charge is 0.326 e. The van der Waals surface area contributed by atoms with Crippen molar-refractivity contribution in [2.75, 3.05) is 11.9 Å². The Bertz CT molecular complexity index is 894. The molecule has 1 aliphatic heterocycles. The molecular weight excluding hydrogens is 374 g/mol. The van der Waals surface area contributed by atoms with Crippen LogP contribution in [0.5, 0.6) is 0 Å². The van der Waals surface area contributed by atoms with E-state index in [-0.39, 0.29) is 16.9 Å². The number of benzene rings is 1. The number of pyridine rings is 1. The molecule has 138 valence electrons. The maximum Gasteiger partial charge on any atom is 0.326 e. The van der Waals surface area contributed by atoms with Crippen LogP contribution in [0.2, 0.25) is 5.02 Å². The van der Waals surface area contributed by atoms with E-state index in [1.807, 2.05) is 0 Å². The molecule has 0 radical (unpaired) electrons. The van der Waals surface area contributed by atoms with E-state index in [0.717, 1.165) is 4.90 Å². The van der Waals surface area contributed by atoms with Crippen LogP contribution < -0.4 is 5.32 Å². The summed E-state index contributed by atoms with van der Waals surface area (Å²) in [5.41, 5.74) is 0.463. The number of carbonyl (C=O) groups is 4. The van der Waals surface area contributed by atoms with Gasteiger partial charge in [-0.1, -0.05) is 23.7 Å². The third-order valence-corrected chi connectivity index (χ3v) is 4.05. The van der Waals surface area contributed by atoms with Gasteiger partial charge in [0.2, 0.25) is 0 Å². The number of nitrogens with zero attached hydrogens (tertiary/aromatic N) is 2.